The average Bonchev–Trinajstić information content (AvgIpc) is 2.90. The van der Waals surface area contributed by atoms with Crippen LogP contribution in [0.2, 0.25) is 0 Å². The molecule has 0 saturated carbocycles. The maximum atomic E-state index is 5.64. The zero-order valence-electron chi connectivity index (χ0n) is 10.4. The number of pyridine rings is 1. The second-order valence-electron chi connectivity index (χ2n) is 4.23. The van der Waals surface area contributed by atoms with Gasteiger partial charge in [-0.1, -0.05) is 5.16 Å². The van der Waals surface area contributed by atoms with Gasteiger partial charge in [-0.25, -0.2) is 0 Å². The number of nitrogens with two attached hydrogens (primary N) is 1. The van der Waals surface area contributed by atoms with Gasteiger partial charge in [-0.2, -0.15) is 4.98 Å². The highest BCUT2D eigenvalue weighted by Gasteiger charge is 2.10. The Balaban J connectivity index is 1.95. The zero-order chi connectivity index (χ0) is 13.2. The first kappa shape index (κ1) is 11.4. The quantitative estimate of drug-likeness (QED) is 0.709. The van der Waals surface area contributed by atoms with Gasteiger partial charge in [0.25, 0.3) is 5.89 Å². The molecule has 2 aromatic heterocycles. The first-order chi connectivity index (χ1) is 9.22. The van der Waals surface area contributed by atoms with Crippen molar-refractivity contribution in [3.8, 4) is 22.8 Å². The maximum Gasteiger partial charge on any atom is 0.259 e. The van der Waals surface area contributed by atoms with Gasteiger partial charge in [-0.05, 0) is 43.3 Å². The lowest BCUT2D eigenvalue weighted by molar-refractivity contribution is 0.432. The number of nitrogens with zero attached hydrogens (tertiary/aromatic N) is 3. The molecular formula is C14H12N4O. The fraction of sp³-hybridized carbons (Fsp3) is 0.0714. The van der Waals surface area contributed by atoms with E-state index in [2.05, 4.69) is 15.1 Å². The third-order valence-corrected chi connectivity index (χ3v) is 2.75. The van der Waals surface area contributed by atoms with E-state index in [4.69, 9.17) is 10.3 Å². The van der Waals surface area contributed by atoms with Gasteiger partial charge >= 0.3 is 0 Å². The van der Waals surface area contributed by atoms with Crippen molar-refractivity contribution in [1.29, 1.82) is 0 Å². The molecular weight excluding hydrogens is 240 g/mol. The van der Waals surface area contributed by atoms with Crippen molar-refractivity contribution in [1.82, 2.24) is 15.1 Å². The van der Waals surface area contributed by atoms with Gasteiger partial charge in [0.15, 0.2) is 0 Å². The van der Waals surface area contributed by atoms with E-state index >= 15 is 0 Å². The average molecular weight is 252 g/mol. The molecule has 94 valence electrons. The number of nitrogen functional groups attached to an aromatic ring is 1. The lowest BCUT2D eigenvalue weighted by Crippen LogP contribution is -1.85. The van der Waals surface area contributed by atoms with Gasteiger partial charge in [0.2, 0.25) is 5.82 Å². The first-order valence-electron chi connectivity index (χ1n) is 5.85. The summed E-state index contributed by atoms with van der Waals surface area (Å²) < 4.78 is 5.24. The molecule has 1 aromatic carbocycles. The first-order valence-corrected chi connectivity index (χ1v) is 5.85. The summed E-state index contributed by atoms with van der Waals surface area (Å²) in [5.41, 5.74) is 8.96. The predicted molar refractivity (Wildman–Crippen MR) is 72.1 cm³/mol. The van der Waals surface area contributed by atoms with Gasteiger partial charge < -0.3 is 10.3 Å². The fourth-order valence-corrected chi connectivity index (χ4v) is 1.68. The van der Waals surface area contributed by atoms with E-state index in [1.54, 1.807) is 18.3 Å². The van der Waals surface area contributed by atoms with Gasteiger partial charge in [0.05, 0.1) is 5.56 Å². The fourth-order valence-electron chi connectivity index (χ4n) is 1.68. The van der Waals surface area contributed by atoms with E-state index < -0.39 is 0 Å². The van der Waals surface area contributed by atoms with E-state index in [0.29, 0.717) is 17.4 Å². The van der Waals surface area contributed by atoms with Crippen molar-refractivity contribution < 1.29 is 4.52 Å². The Kier molecular flexibility index (Phi) is 2.72. The van der Waals surface area contributed by atoms with E-state index in [1.165, 1.54) is 0 Å². The number of anilines is 1. The smallest absolute Gasteiger partial charge is 0.259 e. The summed E-state index contributed by atoms with van der Waals surface area (Å²) in [5, 5.41) is 3.96. The molecule has 3 aromatic rings. The molecule has 0 bridgehead atoms. The van der Waals surface area contributed by atoms with Gasteiger partial charge in [-0.15, -0.1) is 0 Å². The van der Waals surface area contributed by atoms with Gasteiger partial charge in [0, 0.05) is 23.1 Å². The topological polar surface area (TPSA) is 77.8 Å². The molecule has 19 heavy (non-hydrogen) atoms. The van der Waals surface area contributed by atoms with Crippen LogP contribution in [-0.4, -0.2) is 15.1 Å². The highest BCUT2D eigenvalue weighted by atomic mass is 16.5. The Morgan fingerprint density at radius 2 is 1.74 bits per heavy atom. The SMILES string of the molecule is Cc1ccc(-c2nc(-c3ccc(N)cc3)no2)cn1. The molecule has 0 saturated heterocycles. The number of aryl methyl sites for hydroxylation is 1. The van der Waals surface area contributed by atoms with Crippen LogP contribution in [0.15, 0.2) is 47.1 Å². The van der Waals surface area contributed by atoms with Crippen LogP contribution < -0.4 is 5.73 Å². The number of benzene rings is 1. The molecule has 0 spiro atoms. The van der Waals surface area contributed by atoms with E-state index in [1.807, 2.05) is 31.2 Å². The molecule has 5 heteroatoms. The van der Waals surface area contributed by atoms with Gasteiger partial charge in [0.1, 0.15) is 0 Å². The molecule has 2 N–H and O–H groups in total. The third-order valence-electron chi connectivity index (χ3n) is 2.75. The minimum atomic E-state index is 0.458. The largest absolute Gasteiger partial charge is 0.399 e. The van der Waals surface area contributed by atoms with Crippen LogP contribution in [0.5, 0.6) is 0 Å². The van der Waals surface area contributed by atoms with Crippen molar-refractivity contribution in [2.45, 2.75) is 6.92 Å². The number of hydrogen-bond donors (Lipinski definition) is 1. The molecule has 0 unspecified atom stereocenters. The van der Waals surface area contributed by atoms with Crippen LogP contribution in [-0.2, 0) is 0 Å². The van der Waals surface area contributed by atoms with Crippen molar-refractivity contribution in [2.24, 2.45) is 0 Å². The summed E-state index contributed by atoms with van der Waals surface area (Å²) in [7, 11) is 0. The number of rotatable bonds is 2. The van der Waals surface area contributed by atoms with Crippen molar-refractivity contribution in [3.05, 3.63) is 48.3 Å². The second-order valence-corrected chi connectivity index (χ2v) is 4.23. The molecule has 0 radical (unpaired) electrons. The second kappa shape index (κ2) is 4.53. The van der Waals surface area contributed by atoms with Crippen LogP contribution in [0.3, 0.4) is 0 Å². The predicted octanol–water partition coefficient (Wildman–Crippen LogP) is 2.69. The van der Waals surface area contributed by atoms with E-state index in [-0.39, 0.29) is 0 Å². The molecule has 0 aliphatic heterocycles. The normalized spacial score (nSPS) is 10.6. The molecule has 0 atom stereocenters. The Labute approximate surface area is 110 Å². The lowest BCUT2D eigenvalue weighted by atomic mass is 10.2. The maximum absolute atomic E-state index is 5.64. The van der Waals surface area contributed by atoms with Crippen LogP contribution >= 0.6 is 0 Å². The Morgan fingerprint density at radius 1 is 1.00 bits per heavy atom. The number of hydrogen-bond acceptors (Lipinski definition) is 5. The molecule has 2 heterocycles. The third kappa shape index (κ3) is 2.30. The summed E-state index contributed by atoms with van der Waals surface area (Å²) in [6.07, 6.45) is 1.72. The Morgan fingerprint density at radius 3 is 2.42 bits per heavy atom. The van der Waals surface area contributed by atoms with Crippen LogP contribution in [0, 0.1) is 6.92 Å². The number of aromatic nitrogens is 3. The molecule has 0 amide bonds. The van der Waals surface area contributed by atoms with Crippen LogP contribution in [0.1, 0.15) is 5.69 Å². The standard InChI is InChI=1S/C14H12N4O/c1-9-2-3-11(8-16-9)14-17-13(18-19-14)10-4-6-12(15)7-5-10/h2-8H,15H2,1H3. The van der Waals surface area contributed by atoms with E-state index in [9.17, 15) is 0 Å². The monoisotopic (exact) mass is 252 g/mol. The minimum Gasteiger partial charge on any atom is -0.399 e. The highest BCUT2D eigenvalue weighted by Crippen LogP contribution is 2.22. The Bertz CT molecular complexity index is 626. The Hall–Kier alpha value is -2.69. The molecule has 0 fully saturated rings. The highest BCUT2D eigenvalue weighted by molar-refractivity contribution is 5.61. The molecule has 0 aliphatic rings. The van der Waals surface area contributed by atoms with Crippen LogP contribution in [0.25, 0.3) is 22.8 Å². The summed E-state index contributed by atoms with van der Waals surface area (Å²) >= 11 is 0. The molecule has 0 aliphatic carbocycles. The lowest BCUT2D eigenvalue weighted by Gasteiger charge is -1.95. The van der Waals surface area contributed by atoms with Crippen molar-refractivity contribution in [2.75, 3.05) is 5.73 Å². The van der Waals surface area contributed by atoms with Gasteiger partial charge in [-0.3, -0.25) is 4.98 Å². The zero-order valence-corrected chi connectivity index (χ0v) is 10.4. The van der Waals surface area contributed by atoms with E-state index in [0.717, 1.165) is 16.8 Å². The van der Waals surface area contributed by atoms with Crippen LogP contribution in [0.4, 0.5) is 5.69 Å². The summed E-state index contributed by atoms with van der Waals surface area (Å²) in [4.78, 5) is 8.56. The molecule has 5 nitrogen and oxygen atoms in total. The minimum absolute atomic E-state index is 0.458. The molecule has 3 rings (SSSR count). The summed E-state index contributed by atoms with van der Waals surface area (Å²) in [5.74, 6) is 0.995. The summed E-state index contributed by atoms with van der Waals surface area (Å²) in [6, 6.07) is 11.1. The summed E-state index contributed by atoms with van der Waals surface area (Å²) in [6.45, 7) is 1.93. The van der Waals surface area contributed by atoms with Crippen molar-refractivity contribution in [3.63, 3.8) is 0 Å². The van der Waals surface area contributed by atoms with Crippen molar-refractivity contribution >= 4 is 5.69 Å².